The Balaban J connectivity index is 1.70. The van der Waals surface area contributed by atoms with Crippen molar-refractivity contribution in [3.63, 3.8) is 0 Å². The molecule has 3 rings (SSSR count). The Morgan fingerprint density at radius 2 is 1.61 bits per heavy atom. The Labute approximate surface area is 165 Å². The first-order chi connectivity index (χ1) is 13.3. The van der Waals surface area contributed by atoms with E-state index in [-0.39, 0.29) is 29.5 Å². The second-order valence-corrected chi connectivity index (χ2v) is 6.88. The van der Waals surface area contributed by atoms with Crippen molar-refractivity contribution < 1.29 is 22.8 Å². The molecule has 0 radical (unpaired) electrons. The Morgan fingerprint density at radius 3 is 2.21 bits per heavy atom. The minimum absolute atomic E-state index is 0.109. The fraction of sp³-hybridized carbons (Fsp3) is 0.300. The van der Waals surface area contributed by atoms with Crippen LogP contribution in [-0.4, -0.2) is 42.8 Å². The topological polar surface area (TPSA) is 40.6 Å². The molecule has 0 aliphatic carbocycles. The van der Waals surface area contributed by atoms with Crippen molar-refractivity contribution in [1.82, 2.24) is 4.90 Å². The molecular weight excluding hydrogens is 393 g/mol. The minimum Gasteiger partial charge on any atom is -0.366 e. The zero-order chi connectivity index (χ0) is 20.4. The quantitative estimate of drug-likeness (QED) is 0.557. The van der Waals surface area contributed by atoms with Gasteiger partial charge in [-0.15, -0.1) is 0 Å². The molecule has 0 bridgehead atoms. The van der Waals surface area contributed by atoms with Crippen LogP contribution < -0.4 is 4.90 Å². The van der Waals surface area contributed by atoms with E-state index in [1.165, 1.54) is 11.0 Å². The Bertz CT molecular complexity index is 928. The Morgan fingerprint density at radius 1 is 0.964 bits per heavy atom. The van der Waals surface area contributed by atoms with Crippen molar-refractivity contribution >= 4 is 29.0 Å². The molecule has 8 heteroatoms. The molecule has 0 spiro atoms. The predicted molar refractivity (Wildman–Crippen MR) is 101 cm³/mol. The molecule has 2 aromatic carbocycles. The summed E-state index contributed by atoms with van der Waals surface area (Å²) in [6.07, 6.45) is 0.298. The van der Waals surface area contributed by atoms with Gasteiger partial charge in [0.05, 0.1) is 16.3 Å². The van der Waals surface area contributed by atoms with Gasteiger partial charge in [0.1, 0.15) is 5.82 Å². The molecule has 0 saturated carbocycles. The zero-order valence-electron chi connectivity index (χ0n) is 15.1. The van der Waals surface area contributed by atoms with E-state index < -0.39 is 23.4 Å². The second kappa shape index (κ2) is 8.22. The van der Waals surface area contributed by atoms with Crippen molar-refractivity contribution in [2.45, 2.75) is 13.3 Å². The number of ketones is 1. The predicted octanol–water partition coefficient (Wildman–Crippen LogP) is 4.31. The van der Waals surface area contributed by atoms with E-state index in [0.29, 0.717) is 30.8 Å². The van der Waals surface area contributed by atoms with E-state index in [9.17, 15) is 22.8 Å². The fourth-order valence-electron chi connectivity index (χ4n) is 3.15. The summed E-state index contributed by atoms with van der Waals surface area (Å²) < 4.78 is 41.1. The van der Waals surface area contributed by atoms with Crippen LogP contribution in [0.4, 0.5) is 18.9 Å². The van der Waals surface area contributed by atoms with Crippen LogP contribution in [0.25, 0.3) is 0 Å². The van der Waals surface area contributed by atoms with E-state index in [4.69, 9.17) is 11.6 Å². The number of hydrogen-bond acceptors (Lipinski definition) is 3. The summed E-state index contributed by atoms with van der Waals surface area (Å²) in [5, 5.41) is -0.159. The van der Waals surface area contributed by atoms with Crippen LogP contribution in [0.2, 0.25) is 5.02 Å². The van der Waals surface area contributed by atoms with Gasteiger partial charge in [0.15, 0.2) is 17.4 Å². The first-order valence-corrected chi connectivity index (χ1v) is 9.21. The molecule has 0 N–H and O–H groups in total. The summed E-state index contributed by atoms with van der Waals surface area (Å²) in [6.45, 7) is 2.95. The molecule has 1 amide bonds. The van der Waals surface area contributed by atoms with Crippen LogP contribution in [0, 0.1) is 17.5 Å². The summed E-state index contributed by atoms with van der Waals surface area (Å²) in [5.41, 5.74) is 0.568. The number of carbonyl (C=O) groups is 2. The monoisotopic (exact) mass is 410 g/mol. The number of carbonyl (C=O) groups excluding carboxylic acids is 2. The van der Waals surface area contributed by atoms with Gasteiger partial charge in [0, 0.05) is 38.2 Å². The highest BCUT2D eigenvalue weighted by molar-refractivity contribution is 6.33. The van der Waals surface area contributed by atoms with Crippen molar-refractivity contribution in [1.29, 1.82) is 0 Å². The maximum atomic E-state index is 14.4. The Kier molecular flexibility index (Phi) is 5.93. The van der Waals surface area contributed by atoms with Gasteiger partial charge in [0.25, 0.3) is 5.91 Å². The largest absolute Gasteiger partial charge is 0.366 e. The van der Waals surface area contributed by atoms with Gasteiger partial charge in [-0.2, -0.15) is 0 Å². The number of nitrogens with zero attached hydrogens (tertiary/aromatic N) is 2. The highest BCUT2D eigenvalue weighted by Gasteiger charge is 2.26. The van der Waals surface area contributed by atoms with Gasteiger partial charge >= 0.3 is 0 Å². The average Bonchev–Trinajstić information content (AvgIpc) is 2.69. The standard InChI is InChI=1S/C20H18ClF3N2O2/c1-2-19(27)12-3-4-18(17(24)9-12)25-5-7-26(8-6-25)20(28)13-10-15(22)16(23)11-14(13)21/h3-4,9-11H,2,5-8H2,1H3. The number of halogens is 4. The molecule has 1 heterocycles. The average molecular weight is 411 g/mol. The van der Waals surface area contributed by atoms with E-state index in [1.807, 2.05) is 0 Å². The van der Waals surface area contributed by atoms with Crippen LogP contribution in [0.1, 0.15) is 34.1 Å². The molecule has 1 aliphatic rings. The molecule has 0 atom stereocenters. The third kappa shape index (κ3) is 3.99. The molecule has 1 saturated heterocycles. The van der Waals surface area contributed by atoms with Crippen LogP contribution in [0.5, 0.6) is 0 Å². The second-order valence-electron chi connectivity index (χ2n) is 6.47. The van der Waals surface area contributed by atoms with Crippen molar-refractivity contribution in [3.05, 3.63) is 63.9 Å². The number of hydrogen-bond donors (Lipinski definition) is 0. The molecule has 2 aromatic rings. The Hall–Kier alpha value is -2.54. The van der Waals surface area contributed by atoms with E-state index in [1.54, 1.807) is 24.0 Å². The lowest BCUT2D eigenvalue weighted by Gasteiger charge is -2.36. The molecule has 4 nitrogen and oxygen atoms in total. The lowest BCUT2D eigenvalue weighted by atomic mass is 10.1. The highest BCUT2D eigenvalue weighted by atomic mass is 35.5. The van der Waals surface area contributed by atoms with Crippen LogP contribution >= 0.6 is 11.6 Å². The third-order valence-electron chi connectivity index (χ3n) is 4.74. The van der Waals surface area contributed by atoms with Gasteiger partial charge in [-0.25, -0.2) is 13.2 Å². The summed E-state index contributed by atoms with van der Waals surface area (Å²) in [5.74, 6) is -3.40. The van der Waals surface area contributed by atoms with Crippen LogP contribution in [0.15, 0.2) is 30.3 Å². The van der Waals surface area contributed by atoms with Gasteiger partial charge < -0.3 is 9.80 Å². The molecule has 1 fully saturated rings. The maximum Gasteiger partial charge on any atom is 0.255 e. The van der Waals surface area contributed by atoms with E-state index >= 15 is 0 Å². The first kappa shape index (κ1) is 20.2. The van der Waals surface area contributed by atoms with Gasteiger partial charge in [-0.1, -0.05) is 18.5 Å². The van der Waals surface area contributed by atoms with Crippen LogP contribution in [-0.2, 0) is 0 Å². The molecule has 1 aliphatic heterocycles. The normalized spacial score (nSPS) is 14.3. The lowest BCUT2D eigenvalue weighted by molar-refractivity contribution is 0.0746. The number of benzene rings is 2. The van der Waals surface area contributed by atoms with E-state index in [2.05, 4.69) is 0 Å². The molecule has 0 aromatic heterocycles. The lowest BCUT2D eigenvalue weighted by Crippen LogP contribution is -2.49. The van der Waals surface area contributed by atoms with Gasteiger partial charge in [-0.05, 0) is 30.3 Å². The fourth-order valence-corrected chi connectivity index (χ4v) is 3.38. The number of rotatable bonds is 4. The summed E-state index contributed by atoms with van der Waals surface area (Å²) in [6, 6.07) is 5.93. The van der Waals surface area contributed by atoms with Crippen molar-refractivity contribution in [2.75, 3.05) is 31.1 Å². The summed E-state index contributed by atoms with van der Waals surface area (Å²) in [7, 11) is 0. The third-order valence-corrected chi connectivity index (χ3v) is 5.05. The van der Waals surface area contributed by atoms with Crippen LogP contribution in [0.3, 0.4) is 0 Å². The first-order valence-electron chi connectivity index (χ1n) is 8.83. The van der Waals surface area contributed by atoms with Gasteiger partial charge in [-0.3, -0.25) is 9.59 Å². The number of anilines is 1. The van der Waals surface area contributed by atoms with E-state index in [0.717, 1.165) is 12.1 Å². The number of piperazine rings is 1. The summed E-state index contributed by atoms with van der Waals surface area (Å²) >= 11 is 5.87. The highest BCUT2D eigenvalue weighted by Crippen LogP contribution is 2.25. The smallest absolute Gasteiger partial charge is 0.255 e. The summed E-state index contributed by atoms with van der Waals surface area (Å²) in [4.78, 5) is 27.5. The minimum atomic E-state index is -1.14. The zero-order valence-corrected chi connectivity index (χ0v) is 15.9. The molecule has 0 unspecified atom stereocenters. The molecule has 28 heavy (non-hydrogen) atoms. The molecule has 148 valence electrons. The SMILES string of the molecule is CCC(=O)c1ccc(N2CCN(C(=O)c3cc(F)c(F)cc3Cl)CC2)c(F)c1. The van der Waals surface area contributed by atoms with Crippen molar-refractivity contribution in [2.24, 2.45) is 0 Å². The van der Waals surface area contributed by atoms with Gasteiger partial charge in [0.2, 0.25) is 0 Å². The number of Topliss-reactive ketones (excluding diaryl/α,β-unsaturated/α-hetero) is 1. The van der Waals surface area contributed by atoms with Crippen molar-refractivity contribution in [3.8, 4) is 0 Å². The molecular formula is C20H18ClF3N2O2. The number of amides is 1. The maximum absolute atomic E-state index is 14.4.